The lowest BCUT2D eigenvalue weighted by molar-refractivity contribution is -0.135. The van der Waals surface area contributed by atoms with Gasteiger partial charge in [0, 0.05) is 5.69 Å². The highest BCUT2D eigenvalue weighted by molar-refractivity contribution is 5.86. The van der Waals surface area contributed by atoms with Crippen LogP contribution in [0.5, 0.6) is 5.75 Å². The number of alkyl carbamates (subject to hydrolysis) is 1. The maximum absolute atomic E-state index is 11.5. The number of nitrogen functional groups attached to an aromatic ring is 1. The summed E-state index contributed by atoms with van der Waals surface area (Å²) >= 11 is 0. The molecule has 0 fully saturated rings. The molecular formula is C15H21N3O5. The molecule has 0 atom stereocenters. The molecule has 8 nitrogen and oxygen atoms in total. The average molecular weight is 323 g/mol. The first kappa shape index (κ1) is 18.3. The van der Waals surface area contributed by atoms with E-state index in [1.165, 1.54) is 0 Å². The van der Waals surface area contributed by atoms with Gasteiger partial charge in [-0.05, 0) is 45.0 Å². The monoisotopic (exact) mass is 323 g/mol. The summed E-state index contributed by atoms with van der Waals surface area (Å²) in [5.74, 6) is -0.851. The zero-order chi connectivity index (χ0) is 17.5. The molecule has 1 rings (SSSR count). The average Bonchev–Trinajstić information content (AvgIpc) is 2.43. The van der Waals surface area contributed by atoms with E-state index in [-0.39, 0.29) is 13.1 Å². The Kier molecular flexibility index (Phi) is 6.37. The van der Waals surface area contributed by atoms with Gasteiger partial charge in [0.05, 0.1) is 0 Å². The number of rotatable bonds is 5. The van der Waals surface area contributed by atoms with Crippen molar-refractivity contribution in [3.05, 3.63) is 24.3 Å². The van der Waals surface area contributed by atoms with Gasteiger partial charge in [-0.25, -0.2) is 9.59 Å². The third-order valence-electron chi connectivity index (χ3n) is 2.33. The molecule has 23 heavy (non-hydrogen) atoms. The molecule has 0 spiro atoms. The van der Waals surface area contributed by atoms with E-state index in [9.17, 15) is 14.4 Å². The van der Waals surface area contributed by atoms with E-state index in [1.54, 1.807) is 45.0 Å². The number of amides is 2. The van der Waals surface area contributed by atoms with Crippen molar-refractivity contribution >= 4 is 23.7 Å². The minimum atomic E-state index is -0.711. The summed E-state index contributed by atoms with van der Waals surface area (Å²) in [6.07, 6.45) is -0.711. The zero-order valence-electron chi connectivity index (χ0n) is 13.3. The molecule has 1 aromatic carbocycles. The molecule has 0 saturated carbocycles. The van der Waals surface area contributed by atoms with Crippen LogP contribution in [0.4, 0.5) is 10.5 Å². The van der Waals surface area contributed by atoms with Crippen molar-refractivity contribution in [3.8, 4) is 5.75 Å². The van der Waals surface area contributed by atoms with Crippen LogP contribution in [0.3, 0.4) is 0 Å². The van der Waals surface area contributed by atoms with Crippen molar-refractivity contribution in [3.63, 3.8) is 0 Å². The minimum Gasteiger partial charge on any atom is -0.444 e. The number of esters is 1. The van der Waals surface area contributed by atoms with Gasteiger partial charge in [0.1, 0.15) is 24.4 Å². The molecule has 0 aliphatic rings. The minimum absolute atomic E-state index is 0.302. The predicted molar refractivity (Wildman–Crippen MR) is 83.7 cm³/mol. The van der Waals surface area contributed by atoms with E-state index in [0.717, 1.165) is 0 Å². The smallest absolute Gasteiger partial charge is 0.408 e. The second-order valence-corrected chi connectivity index (χ2v) is 5.68. The van der Waals surface area contributed by atoms with Gasteiger partial charge < -0.3 is 25.8 Å². The van der Waals surface area contributed by atoms with Crippen molar-refractivity contribution in [1.82, 2.24) is 10.6 Å². The van der Waals surface area contributed by atoms with Crippen molar-refractivity contribution in [2.45, 2.75) is 26.4 Å². The SMILES string of the molecule is CC(C)(C)OC(=O)NCC(=O)NCC(=O)Oc1ccc(N)cc1. The van der Waals surface area contributed by atoms with Gasteiger partial charge in [-0.3, -0.25) is 4.79 Å². The summed E-state index contributed by atoms with van der Waals surface area (Å²) in [6.45, 7) is 4.50. The fraction of sp³-hybridized carbons (Fsp3) is 0.400. The zero-order valence-corrected chi connectivity index (χ0v) is 13.3. The summed E-state index contributed by atoms with van der Waals surface area (Å²) in [5.41, 5.74) is 5.41. The number of ether oxygens (including phenoxy) is 2. The van der Waals surface area contributed by atoms with Gasteiger partial charge in [0.2, 0.25) is 5.91 Å². The highest BCUT2D eigenvalue weighted by Gasteiger charge is 2.16. The van der Waals surface area contributed by atoms with E-state index in [1.807, 2.05) is 0 Å². The van der Waals surface area contributed by atoms with Gasteiger partial charge in [-0.15, -0.1) is 0 Å². The number of carbonyl (C=O) groups excluding carboxylic acids is 3. The van der Waals surface area contributed by atoms with Crippen LogP contribution in [0.1, 0.15) is 20.8 Å². The maximum Gasteiger partial charge on any atom is 0.408 e. The van der Waals surface area contributed by atoms with Gasteiger partial charge in [-0.1, -0.05) is 0 Å². The van der Waals surface area contributed by atoms with Crippen LogP contribution < -0.4 is 21.1 Å². The third kappa shape index (κ3) is 8.30. The molecule has 1 aromatic rings. The number of carbonyl (C=O) groups is 3. The van der Waals surface area contributed by atoms with E-state index in [4.69, 9.17) is 15.2 Å². The van der Waals surface area contributed by atoms with Crippen LogP contribution in [0, 0.1) is 0 Å². The van der Waals surface area contributed by atoms with Crippen molar-refractivity contribution in [1.29, 1.82) is 0 Å². The first-order chi connectivity index (χ1) is 10.7. The number of benzene rings is 1. The van der Waals surface area contributed by atoms with E-state index in [2.05, 4.69) is 10.6 Å². The van der Waals surface area contributed by atoms with Crippen molar-refractivity contribution in [2.75, 3.05) is 18.8 Å². The molecule has 0 radical (unpaired) electrons. The first-order valence-corrected chi connectivity index (χ1v) is 6.95. The lowest BCUT2D eigenvalue weighted by Crippen LogP contribution is -2.41. The number of nitrogens with one attached hydrogen (secondary N) is 2. The molecular weight excluding hydrogens is 302 g/mol. The molecule has 4 N–H and O–H groups in total. The molecule has 126 valence electrons. The Labute approximate surface area is 134 Å². The highest BCUT2D eigenvalue weighted by Crippen LogP contribution is 2.12. The molecule has 0 aliphatic carbocycles. The Morgan fingerprint density at radius 1 is 1.04 bits per heavy atom. The Hall–Kier alpha value is -2.77. The molecule has 8 heteroatoms. The van der Waals surface area contributed by atoms with Crippen LogP contribution in [0.25, 0.3) is 0 Å². The van der Waals surface area contributed by atoms with Crippen LogP contribution >= 0.6 is 0 Å². The van der Waals surface area contributed by atoms with Gasteiger partial charge in [-0.2, -0.15) is 0 Å². The summed E-state index contributed by atoms with van der Waals surface area (Å²) < 4.78 is 9.96. The van der Waals surface area contributed by atoms with Crippen molar-refractivity contribution < 1.29 is 23.9 Å². The van der Waals surface area contributed by atoms with Gasteiger partial charge in [0.25, 0.3) is 0 Å². The summed E-state index contributed by atoms with van der Waals surface area (Å²) in [5, 5.41) is 4.60. The summed E-state index contributed by atoms with van der Waals surface area (Å²) in [7, 11) is 0. The fourth-order valence-electron chi connectivity index (χ4n) is 1.40. The predicted octanol–water partition coefficient (Wildman–Crippen LogP) is 0.815. The second kappa shape index (κ2) is 8.02. The topological polar surface area (TPSA) is 120 Å². The van der Waals surface area contributed by atoms with E-state index >= 15 is 0 Å². The Morgan fingerprint density at radius 2 is 1.65 bits per heavy atom. The molecule has 2 amide bonds. The summed E-state index contributed by atoms with van der Waals surface area (Å²) in [4.78, 5) is 34.4. The van der Waals surface area contributed by atoms with Gasteiger partial charge in [0.15, 0.2) is 0 Å². The number of nitrogens with two attached hydrogens (primary N) is 1. The quantitative estimate of drug-likeness (QED) is 0.419. The molecule has 0 aromatic heterocycles. The Balaban J connectivity index is 2.26. The lowest BCUT2D eigenvalue weighted by Gasteiger charge is -2.19. The lowest BCUT2D eigenvalue weighted by atomic mass is 10.2. The number of hydrogen-bond acceptors (Lipinski definition) is 6. The normalized spacial score (nSPS) is 10.6. The number of hydrogen-bond donors (Lipinski definition) is 3. The van der Waals surface area contributed by atoms with Crippen LogP contribution in [0.2, 0.25) is 0 Å². The van der Waals surface area contributed by atoms with E-state index in [0.29, 0.717) is 11.4 Å². The molecule has 0 bridgehead atoms. The molecule has 0 unspecified atom stereocenters. The van der Waals surface area contributed by atoms with Crippen molar-refractivity contribution in [2.24, 2.45) is 0 Å². The molecule has 0 heterocycles. The van der Waals surface area contributed by atoms with Crippen LogP contribution in [-0.2, 0) is 14.3 Å². The van der Waals surface area contributed by atoms with Crippen LogP contribution in [-0.4, -0.2) is 36.7 Å². The van der Waals surface area contributed by atoms with Gasteiger partial charge >= 0.3 is 12.1 Å². The van der Waals surface area contributed by atoms with Crippen LogP contribution in [0.15, 0.2) is 24.3 Å². The second-order valence-electron chi connectivity index (χ2n) is 5.68. The summed E-state index contributed by atoms with van der Waals surface area (Å²) in [6, 6.07) is 6.26. The van der Waals surface area contributed by atoms with E-state index < -0.39 is 23.6 Å². The first-order valence-electron chi connectivity index (χ1n) is 6.95. The maximum atomic E-state index is 11.5. The third-order valence-corrected chi connectivity index (χ3v) is 2.33. The molecule has 0 saturated heterocycles. The Bertz CT molecular complexity index is 563. The standard InChI is InChI=1S/C15H21N3O5/c1-15(2,3)23-14(21)18-8-12(19)17-9-13(20)22-11-6-4-10(16)5-7-11/h4-7H,8-9,16H2,1-3H3,(H,17,19)(H,18,21). The largest absolute Gasteiger partial charge is 0.444 e. The highest BCUT2D eigenvalue weighted by atomic mass is 16.6. The number of anilines is 1. The fourth-order valence-corrected chi connectivity index (χ4v) is 1.40. The molecule has 0 aliphatic heterocycles. The Morgan fingerprint density at radius 3 is 2.22 bits per heavy atom.